The number of hydrazine groups is 1. The molecule has 0 spiro atoms. The second-order valence-corrected chi connectivity index (χ2v) is 4.92. The highest BCUT2D eigenvalue weighted by Gasteiger charge is 2.15. The Hall–Kier alpha value is -2.73. The maximum Gasteiger partial charge on any atom is 0.273 e. The standard InChI is InChI=1S/C16H15ClN2O4/c1-22-12-6-7-14(23-2)13(9-12)16(21)19-18-15(20)10-4-3-5-11(17)8-10/h3-9H,1-2H3,(H,18,20)(H,19,21). The third kappa shape index (κ3) is 4.14. The number of rotatable bonds is 4. The summed E-state index contributed by atoms with van der Waals surface area (Å²) in [6.07, 6.45) is 0. The molecule has 2 aromatic rings. The number of benzene rings is 2. The van der Waals surface area contributed by atoms with Crippen molar-refractivity contribution in [2.75, 3.05) is 14.2 Å². The first-order chi connectivity index (χ1) is 11.0. The van der Waals surface area contributed by atoms with Gasteiger partial charge in [0.1, 0.15) is 11.5 Å². The topological polar surface area (TPSA) is 76.7 Å². The van der Waals surface area contributed by atoms with Crippen LogP contribution in [0.4, 0.5) is 0 Å². The van der Waals surface area contributed by atoms with Gasteiger partial charge in [0.2, 0.25) is 0 Å². The zero-order valence-corrected chi connectivity index (χ0v) is 13.3. The van der Waals surface area contributed by atoms with Crippen LogP contribution in [0, 0.1) is 0 Å². The molecule has 0 fully saturated rings. The van der Waals surface area contributed by atoms with Crippen molar-refractivity contribution >= 4 is 23.4 Å². The summed E-state index contributed by atoms with van der Waals surface area (Å²) < 4.78 is 10.2. The van der Waals surface area contributed by atoms with Gasteiger partial charge in [-0.1, -0.05) is 17.7 Å². The Bertz CT molecular complexity index is 734. The van der Waals surface area contributed by atoms with Gasteiger partial charge >= 0.3 is 0 Å². The number of halogens is 1. The number of ether oxygens (including phenoxy) is 2. The van der Waals surface area contributed by atoms with E-state index in [0.717, 1.165) is 0 Å². The predicted molar refractivity (Wildman–Crippen MR) is 85.9 cm³/mol. The third-order valence-electron chi connectivity index (χ3n) is 3.03. The number of carbonyl (C=O) groups excluding carboxylic acids is 2. The molecule has 120 valence electrons. The molecule has 0 aliphatic rings. The molecule has 0 unspecified atom stereocenters. The molecular weight excluding hydrogens is 320 g/mol. The van der Waals surface area contributed by atoms with Crippen LogP contribution in [-0.2, 0) is 0 Å². The van der Waals surface area contributed by atoms with Crippen LogP contribution < -0.4 is 20.3 Å². The van der Waals surface area contributed by atoms with Crippen molar-refractivity contribution in [2.45, 2.75) is 0 Å². The summed E-state index contributed by atoms with van der Waals surface area (Å²) in [6, 6.07) is 11.2. The molecule has 0 saturated carbocycles. The van der Waals surface area contributed by atoms with Gasteiger partial charge in [0.15, 0.2) is 0 Å². The Morgan fingerprint density at radius 3 is 2.35 bits per heavy atom. The normalized spacial score (nSPS) is 9.87. The molecule has 2 aromatic carbocycles. The average molecular weight is 335 g/mol. The van der Waals surface area contributed by atoms with Gasteiger partial charge in [-0.25, -0.2) is 0 Å². The van der Waals surface area contributed by atoms with Crippen molar-refractivity contribution in [3.05, 3.63) is 58.6 Å². The average Bonchev–Trinajstić information content (AvgIpc) is 2.58. The van der Waals surface area contributed by atoms with Crippen molar-refractivity contribution in [1.82, 2.24) is 10.9 Å². The summed E-state index contributed by atoms with van der Waals surface area (Å²) in [5.74, 6) is -0.156. The molecule has 2 rings (SSSR count). The van der Waals surface area contributed by atoms with Crippen molar-refractivity contribution in [2.24, 2.45) is 0 Å². The molecule has 0 saturated heterocycles. The van der Waals surface area contributed by atoms with Crippen molar-refractivity contribution in [3.8, 4) is 11.5 Å². The van der Waals surface area contributed by atoms with Gasteiger partial charge in [-0.15, -0.1) is 0 Å². The Morgan fingerprint density at radius 2 is 1.70 bits per heavy atom. The van der Waals surface area contributed by atoms with Crippen LogP contribution >= 0.6 is 11.6 Å². The van der Waals surface area contributed by atoms with E-state index in [1.54, 1.807) is 30.3 Å². The molecule has 0 radical (unpaired) electrons. The van der Waals surface area contributed by atoms with E-state index in [1.165, 1.54) is 26.4 Å². The monoisotopic (exact) mass is 334 g/mol. The number of carbonyl (C=O) groups is 2. The Balaban J connectivity index is 2.09. The number of hydrogen-bond donors (Lipinski definition) is 2. The second-order valence-electron chi connectivity index (χ2n) is 4.48. The minimum absolute atomic E-state index is 0.234. The van der Waals surface area contributed by atoms with E-state index < -0.39 is 11.8 Å². The van der Waals surface area contributed by atoms with E-state index in [-0.39, 0.29) is 5.56 Å². The first-order valence-electron chi connectivity index (χ1n) is 6.63. The Labute approximate surface area is 138 Å². The molecule has 2 N–H and O–H groups in total. The van der Waals surface area contributed by atoms with E-state index in [2.05, 4.69) is 10.9 Å². The van der Waals surface area contributed by atoms with Crippen LogP contribution in [0.25, 0.3) is 0 Å². The fourth-order valence-corrected chi connectivity index (χ4v) is 2.06. The fourth-order valence-electron chi connectivity index (χ4n) is 1.87. The summed E-state index contributed by atoms with van der Waals surface area (Å²) in [5.41, 5.74) is 5.21. The molecule has 0 atom stereocenters. The molecule has 6 nitrogen and oxygen atoms in total. The summed E-state index contributed by atoms with van der Waals surface area (Å²) in [7, 11) is 2.94. The van der Waals surface area contributed by atoms with Gasteiger partial charge < -0.3 is 9.47 Å². The zero-order valence-electron chi connectivity index (χ0n) is 12.6. The van der Waals surface area contributed by atoms with Crippen LogP contribution in [0.2, 0.25) is 5.02 Å². The molecule has 23 heavy (non-hydrogen) atoms. The van der Waals surface area contributed by atoms with Crippen LogP contribution in [0.1, 0.15) is 20.7 Å². The minimum Gasteiger partial charge on any atom is -0.497 e. The van der Waals surface area contributed by atoms with E-state index in [0.29, 0.717) is 22.1 Å². The van der Waals surface area contributed by atoms with Gasteiger partial charge in [-0.05, 0) is 36.4 Å². The molecule has 0 aliphatic carbocycles. The highest BCUT2D eigenvalue weighted by molar-refractivity contribution is 6.30. The molecule has 2 amide bonds. The van der Waals surface area contributed by atoms with E-state index in [4.69, 9.17) is 21.1 Å². The molecule has 0 aliphatic heterocycles. The van der Waals surface area contributed by atoms with E-state index in [9.17, 15) is 9.59 Å². The largest absolute Gasteiger partial charge is 0.497 e. The van der Waals surface area contributed by atoms with Gasteiger partial charge in [0, 0.05) is 10.6 Å². The lowest BCUT2D eigenvalue weighted by molar-refractivity contribution is 0.0844. The first kappa shape index (κ1) is 16.6. The van der Waals surface area contributed by atoms with Gasteiger partial charge in [-0.2, -0.15) is 0 Å². The SMILES string of the molecule is COc1ccc(OC)c(C(=O)NNC(=O)c2cccc(Cl)c2)c1. The number of hydrogen-bond acceptors (Lipinski definition) is 4. The lowest BCUT2D eigenvalue weighted by atomic mass is 10.2. The molecule has 7 heteroatoms. The fraction of sp³-hybridized carbons (Fsp3) is 0.125. The van der Waals surface area contributed by atoms with E-state index in [1.807, 2.05) is 0 Å². The maximum absolute atomic E-state index is 12.2. The summed E-state index contributed by atoms with van der Waals surface area (Å²) in [6.45, 7) is 0. The third-order valence-corrected chi connectivity index (χ3v) is 3.26. The van der Waals surface area contributed by atoms with Gasteiger partial charge in [0.05, 0.1) is 19.8 Å². The smallest absolute Gasteiger partial charge is 0.273 e. The summed E-state index contributed by atoms with van der Waals surface area (Å²) in [5, 5.41) is 0.429. The highest BCUT2D eigenvalue weighted by Crippen LogP contribution is 2.23. The highest BCUT2D eigenvalue weighted by atomic mass is 35.5. The first-order valence-corrected chi connectivity index (χ1v) is 7.01. The van der Waals surface area contributed by atoms with Crippen LogP contribution in [0.3, 0.4) is 0 Å². The zero-order chi connectivity index (χ0) is 16.8. The van der Waals surface area contributed by atoms with Crippen molar-refractivity contribution < 1.29 is 19.1 Å². The number of amides is 2. The minimum atomic E-state index is -0.531. The molecule has 0 aromatic heterocycles. The lowest BCUT2D eigenvalue weighted by Gasteiger charge is -2.11. The quantitative estimate of drug-likeness (QED) is 0.842. The van der Waals surface area contributed by atoms with Crippen molar-refractivity contribution in [1.29, 1.82) is 0 Å². The van der Waals surface area contributed by atoms with Crippen LogP contribution in [0.15, 0.2) is 42.5 Å². The maximum atomic E-state index is 12.2. The summed E-state index contributed by atoms with van der Waals surface area (Å²) in [4.78, 5) is 24.2. The van der Waals surface area contributed by atoms with Crippen LogP contribution in [0.5, 0.6) is 11.5 Å². The lowest BCUT2D eigenvalue weighted by Crippen LogP contribution is -2.41. The molecule has 0 heterocycles. The Kier molecular flexibility index (Phi) is 5.43. The van der Waals surface area contributed by atoms with Crippen LogP contribution in [-0.4, -0.2) is 26.0 Å². The van der Waals surface area contributed by atoms with Gasteiger partial charge in [0.25, 0.3) is 11.8 Å². The second kappa shape index (κ2) is 7.51. The molecular formula is C16H15ClN2O4. The number of nitrogens with one attached hydrogen (secondary N) is 2. The summed E-state index contributed by atoms with van der Waals surface area (Å²) >= 11 is 5.82. The van der Waals surface area contributed by atoms with Crippen molar-refractivity contribution in [3.63, 3.8) is 0 Å². The van der Waals surface area contributed by atoms with Gasteiger partial charge in [-0.3, -0.25) is 20.4 Å². The Morgan fingerprint density at radius 1 is 0.957 bits per heavy atom. The predicted octanol–water partition coefficient (Wildman–Crippen LogP) is 2.43. The number of methoxy groups -OCH3 is 2. The molecule has 0 bridgehead atoms. The van der Waals surface area contributed by atoms with E-state index >= 15 is 0 Å².